The lowest BCUT2D eigenvalue weighted by Gasteiger charge is -2.15. The number of alkyl halides is 3. The first-order valence-electron chi connectivity index (χ1n) is 10.0. The first kappa shape index (κ1) is 22.4. The van der Waals surface area contributed by atoms with Crippen molar-refractivity contribution in [1.29, 1.82) is 0 Å². The molecule has 0 amide bonds. The number of hydrogen-bond acceptors (Lipinski definition) is 5. The lowest BCUT2D eigenvalue weighted by Crippen LogP contribution is -2.17. The van der Waals surface area contributed by atoms with Crippen molar-refractivity contribution in [2.75, 3.05) is 10.6 Å². The number of nitrogens with one attached hydrogen (secondary N) is 2. The number of aryl methyl sites for hydroxylation is 1. The maximum absolute atomic E-state index is 12.6. The van der Waals surface area contributed by atoms with Gasteiger partial charge in [0.15, 0.2) is 0 Å². The van der Waals surface area contributed by atoms with E-state index >= 15 is 0 Å². The third-order valence-corrected chi connectivity index (χ3v) is 4.80. The molecule has 1 atom stereocenters. The van der Waals surface area contributed by atoms with Crippen LogP contribution in [-0.2, 0) is 6.54 Å². The van der Waals surface area contributed by atoms with Crippen LogP contribution in [0.2, 0.25) is 0 Å². The number of hydrogen-bond donors (Lipinski definition) is 2. The molecule has 31 heavy (non-hydrogen) atoms. The van der Waals surface area contributed by atoms with E-state index in [9.17, 15) is 13.2 Å². The highest BCUT2D eigenvalue weighted by Crippen LogP contribution is 2.29. The summed E-state index contributed by atoms with van der Waals surface area (Å²) in [5.41, 5.74) is 3.26. The molecular formula is C23H25F3N4O. The molecule has 3 aromatic rings. The van der Waals surface area contributed by atoms with Gasteiger partial charge in [-0.2, -0.15) is 4.98 Å². The maximum atomic E-state index is 12.6. The number of benzene rings is 2. The molecule has 0 radical (unpaired) electrons. The topological polar surface area (TPSA) is 59.1 Å². The monoisotopic (exact) mass is 430 g/mol. The van der Waals surface area contributed by atoms with Gasteiger partial charge in [-0.05, 0) is 43.5 Å². The van der Waals surface area contributed by atoms with E-state index in [1.165, 1.54) is 18.2 Å². The Labute approximate surface area is 179 Å². The van der Waals surface area contributed by atoms with Crippen molar-refractivity contribution in [3.05, 3.63) is 65.7 Å². The fourth-order valence-corrected chi connectivity index (χ4v) is 2.92. The zero-order chi connectivity index (χ0) is 22.4. The number of rotatable bonds is 8. The van der Waals surface area contributed by atoms with Gasteiger partial charge in [0.2, 0.25) is 5.95 Å². The highest BCUT2D eigenvalue weighted by Gasteiger charge is 2.31. The van der Waals surface area contributed by atoms with E-state index in [1.807, 2.05) is 45.0 Å². The normalized spacial score (nSPS) is 12.3. The molecule has 0 spiro atoms. The lowest BCUT2D eigenvalue weighted by atomic mass is 10.1. The summed E-state index contributed by atoms with van der Waals surface area (Å²) >= 11 is 0. The van der Waals surface area contributed by atoms with Gasteiger partial charge in [0.1, 0.15) is 11.6 Å². The zero-order valence-corrected chi connectivity index (χ0v) is 17.6. The van der Waals surface area contributed by atoms with Crippen LogP contribution in [-0.4, -0.2) is 22.4 Å². The molecule has 3 rings (SSSR count). The second-order valence-electron chi connectivity index (χ2n) is 7.27. The molecule has 0 saturated heterocycles. The Morgan fingerprint density at radius 3 is 2.52 bits per heavy atom. The van der Waals surface area contributed by atoms with E-state index in [0.717, 1.165) is 17.5 Å². The van der Waals surface area contributed by atoms with E-state index in [0.29, 0.717) is 29.6 Å². The molecule has 0 aliphatic rings. The van der Waals surface area contributed by atoms with E-state index in [-0.39, 0.29) is 11.8 Å². The number of anilines is 2. The van der Waals surface area contributed by atoms with Gasteiger partial charge in [-0.25, -0.2) is 4.98 Å². The number of nitrogens with zero attached hydrogens (tertiary/aromatic N) is 2. The lowest BCUT2D eigenvalue weighted by molar-refractivity contribution is -0.274. The van der Waals surface area contributed by atoms with Gasteiger partial charge >= 0.3 is 6.36 Å². The molecule has 0 saturated carbocycles. The SMILES string of the molecule is CC[C@@H](C)Nc1nc(NCc2ccccc2C)cc(-c2cccc(OC(F)(F)F)c2)n1. The Kier molecular flexibility index (Phi) is 6.99. The van der Waals surface area contributed by atoms with Crippen LogP contribution in [0.1, 0.15) is 31.4 Å². The molecule has 0 aliphatic heterocycles. The van der Waals surface area contributed by atoms with Gasteiger partial charge in [-0.15, -0.1) is 13.2 Å². The van der Waals surface area contributed by atoms with Crippen molar-refractivity contribution in [3.63, 3.8) is 0 Å². The largest absolute Gasteiger partial charge is 0.573 e. The molecule has 0 unspecified atom stereocenters. The predicted octanol–water partition coefficient (Wildman–Crippen LogP) is 6.17. The quantitative estimate of drug-likeness (QED) is 0.447. The number of aromatic nitrogens is 2. The van der Waals surface area contributed by atoms with Crippen molar-refractivity contribution in [2.24, 2.45) is 0 Å². The minimum Gasteiger partial charge on any atom is -0.406 e. The molecular weight excluding hydrogens is 405 g/mol. The van der Waals surface area contributed by atoms with Crippen molar-refractivity contribution in [3.8, 4) is 17.0 Å². The van der Waals surface area contributed by atoms with Gasteiger partial charge in [0.05, 0.1) is 5.69 Å². The zero-order valence-electron chi connectivity index (χ0n) is 17.6. The molecule has 0 bridgehead atoms. The van der Waals surface area contributed by atoms with Crippen LogP contribution >= 0.6 is 0 Å². The van der Waals surface area contributed by atoms with E-state index in [2.05, 4.69) is 25.3 Å². The van der Waals surface area contributed by atoms with Gasteiger partial charge in [0, 0.05) is 24.2 Å². The molecule has 2 aromatic carbocycles. The summed E-state index contributed by atoms with van der Waals surface area (Å²) in [5, 5.41) is 6.53. The highest BCUT2D eigenvalue weighted by atomic mass is 19.4. The van der Waals surface area contributed by atoms with Crippen LogP contribution in [0, 0.1) is 6.92 Å². The summed E-state index contributed by atoms with van der Waals surface area (Å²) in [4.78, 5) is 9.03. The van der Waals surface area contributed by atoms with Gasteiger partial charge in [-0.3, -0.25) is 0 Å². The highest BCUT2D eigenvalue weighted by molar-refractivity contribution is 5.66. The minimum absolute atomic E-state index is 0.138. The first-order chi connectivity index (χ1) is 14.7. The van der Waals surface area contributed by atoms with E-state index < -0.39 is 6.36 Å². The second kappa shape index (κ2) is 9.68. The number of ether oxygens (including phenoxy) is 1. The van der Waals surface area contributed by atoms with E-state index in [1.54, 1.807) is 12.1 Å². The molecule has 8 heteroatoms. The maximum Gasteiger partial charge on any atom is 0.573 e. The van der Waals surface area contributed by atoms with Crippen LogP contribution in [0.3, 0.4) is 0 Å². The predicted molar refractivity (Wildman–Crippen MR) is 116 cm³/mol. The summed E-state index contributed by atoms with van der Waals surface area (Å²) in [6.45, 7) is 6.64. The second-order valence-corrected chi connectivity index (χ2v) is 7.27. The van der Waals surface area contributed by atoms with Crippen molar-refractivity contribution in [1.82, 2.24) is 9.97 Å². The third-order valence-electron chi connectivity index (χ3n) is 4.80. The molecule has 164 valence electrons. The summed E-state index contributed by atoms with van der Waals surface area (Å²) in [7, 11) is 0. The fourth-order valence-electron chi connectivity index (χ4n) is 2.92. The molecule has 0 aliphatic carbocycles. The Hall–Kier alpha value is -3.29. The molecule has 5 nitrogen and oxygen atoms in total. The van der Waals surface area contributed by atoms with E-state index in [4.69, 9.17) is 0 Å². The smallest absolute Gasteiger partial charge is 0.406 e. The molecule has 1 aromatic heterocycles. The van der Waals surface area contributed by atoms with Crippen LogP contribution in [0.5, 0.6) is 5.75 Å². The minimum atomic E-state index is -4.76. The summed E-state index contributed by atoms with van der Waals surface area (Å²) in [6, 6.07) is 15.6. The summed E-state index contributed by atoms with van der Waals surface area (Å²) in [5.74, 6) is 0.678. The summed E-state index contributed by atoms with van der Waals surface area (Å²) in [6.07, 6.45) is -3.89. The average molecular weight is 430 g/mol. The molecule has 0 fully saturated rings. The van der Waals surface area contributed by atoms with Crippen molar-refractivity contribution < 1.29 is 17.9 Å². The van der Waals surface area contributed by atoms with Crippen molar-refractivity contribution in [2.45, 2.75) is 46.1 Å². The Bertz CT molecular complexity index is 1020. The average Bonchev–Trinajstić information content (AvgIpc) is 2.72. The molecule has 1 heterocycles. The fraction of sp³-hybridized carbons (Fsp3) is 0.304. The first-order valence-corrected chi connectivity index (χ1v) is 10.0. The van der Waals surface area contributed by atoms with Crippen molar-refractivity contribution >= 4 is 11.8 Å². The van der Waals surface area contributed by atoms with Crippen LogP contribution in [0.15, 0.2) is 54.6 Å². The standard InChI is InChI=1S/C23H25F3N4O/c1-4-16(3)28-22-29-20(17-10-7-11-19(12-17)31-23(24,25)26)13-21(30-22)27-14-18-9-6-5-8-15(18)2/h5-13,16H,4,14H2,1-3H3,(H2,27,28,29,30)/t16-/m1/s1. The Morgan fingerprint density at radius 2 is 1.81 bits per heavy atom. The van der Waals surface area contributed by atoms with Crippen LogP contribution in [0.25, 0.3) is 11.3 Å². The Morgan fingerprint density at radius 1 is 1.03 bits per heavy atom. The van der Waals surface area contributed by atoms with Crippen LogP contribution in [0.4, 0.5) is 24.9 Å². The third kappa shape index (κ3) is 6.60. The number of halogens is 3. The molecule has 2 N–H and O–H groups in total. The van der Waals surface area contributed by atoms with Crippen LogP contribution < -0.4 is 15.4 Å². The van der Waals surface area contributed by atoms with Gasteiger partial charge in [0.25, 0.3) is 0 Å². The summed E-state index contributed by atoms with van der Waals surface area (Å²) < 4.78 is 41.9. The Balaban J connectivity index is 1.92. The van der Waals surface area contributed by atoms with Gasteiger partial charge in [-0.1, -0.05) is 43.3 Å². The van der Waals surface area contributed by atoms with Gasteiger partial charge < -0.3 is 15.4 Å².